The fourth-order valence-corrected chi connectivity index (χ4v) is 1.33. The van der Waals surface area contributed by atoms with Crippen LogP contribution in [-0.4, -0.2) is 32.3 Å². The van der Waals surface area contributed by atoms with E-state index in [0.717, 1.165) is 12.3 Å². The largest absolute Gasteiger partial charge is 0.329 e. The molecule has 0 radical (unpaired) electrons. The van der Waals surface area contributed by atoms with E-state index < -0.39 is 11.6 Å². The van der Waals surface area contributed by atoms with Gasteiger partial charge in [-0.3, -0.25) is 14.5 Å². The van der Waals surface area contributed by atoms with E-state index in [1.165, 1.54) is 17.1 Å². The standard InChI is InChI=1S/C10H10FN5O/c11-8-3-7(4-13-5-8)10(17)9-6-16(2-1-12)15-14-9/h3-6H,1-2,12H2. The van der Waals surface area contributed by atoms with Gasteiger partial charge in [0.2, 0.25) is 5.78 Å². The summed E-state index contributed by atoms with van der Waals surface area (Å²) in [4.78, 5) is 15.5. The van der Waals surface area contributed by atoms with Crippen LogP contribution in [-0.2, 0) is 6.54 Å². The molecular weight excluding hydrogens is 225 g/mol. The van der Waals surface area contributed by atoms with E-state index in [1.54, 1.807) is 0 Å². The van der Waals surface area contributed by atoms with Crippen LogP contribution in [0.4, 0.5) is 4.39 Å². The zero-order chi connectivity index (χ0) is 12.3. The van der Waals surface area contributed by atoms with Crippen LogP contribution >= 0.6 is 0 Å². The van der Waals surface area contributed by atoms with E-state index >= 15 is 0 Å². The third-order valence-electron chi connectivity index (χ3n) is 2.10. The number of carbonyl (C=O) groups excluding carboxylic acids is 1. The van der Waals surface area contributed by atoms with Crippen molar-refractivity contribution in [3.8, 4) is 0 Å². The van der Waals surface area contributed by atoms with Gasteiger partial charge in [0.25, 0.3) is 0 Å². The van der Waals surface area contributed by atoms with Gasteiger partial charge in [-0.1, -0.05) is 5.21 Å². The molecule has 88 valence electrons. The Kier molecular flexibility index (Phi) is 3.20. The highest BCUT2D eigenvalue weighted by Crippen LogP contribution is 2.07. The second kappa shape index (κ2) is 4.79. The Balaban J connectivity index is 2.24. The van der Waals surface area contributed by atoms with Crippen LogP contribution in [0, 0.1) is 5.82 Å². The summed E-state index contributed by atoms with van der Waals surface area (Å²) in [6.07, 6.45) is 3.79. The summed E-state index contributed by atoms with van der Waals surface area (Å²) in [6, 6.07) is 1.11. The quantitative estimate of drug-likeness (QED) is 0.754. The van der Waals surface area contributed by atoms with Crippen LogP contribution < -0.4 is 5.73 Å². The number of nitrogens with two attached hydrogens (primary N) is 1. The van der Waals surface area contributed by atoms with E-state index in [9.17, 15) is 9.18 Å². The van der Waals surface area contributed by atoms with E-state index in [2.05, 4.69) is 15.3 Å². The summed E-state index contributed by atoms with van der Waals surface area (Å²) in [5, 5.41) is 7.43. The Morgan fingerprint density at radius 1 is 1.47 bits per heavy atom. The molecule has 7 heteroatoms. The first-order valence-electron chi connectivity index (χ1n) is 4.96. The van der Waals surface area contributed by atoms with Crippen LogP contribution in [0.3, 0.4) is 0 Å². The number of ketones is 1. The molecule has 0 spiro atoms. The molecule has 0 saturated heterocycles. The molecule has 0 aliphatic heterocycles. The maximum atomic E-state index is 12.9. The van der Waals surface area contributed by atoms with Crippen molar-refractivity contribution in [2.75, 3.05) is 6.54 Å². The Bertz CT molecular complexity index is 539. The molecule has 0 aromatic carbocycles. The minimum absolute atomic E-state index is 0.143. The highest BCUT2D eigenvalue weighted by Gasteiger charge is 2.14. The second-order valence-corrected chi connectivity index (χ2v) is 3.38. The highest BCUT2D eigenvalue weighted by atomic mass is 19.1. The van der Waals surface area contributed by atoms with Crippen LogP contribution in [0.1, 0.15) is 16.1 Å². The van der Waals surface area contributed by atoms with Gasteiger partial charge in [-0.15, -0.1) is 5.10 Å². The molecule has 2 N–H and O–H groups in total. The van der Waals surface area contributed by atoms with Crippen molar-refractivity contribution in [3.05, 3.63) is 41.7 Å². The number of hydrogen-bond acceptors (Lipinski definition) is 5. The molecule has 0 atom stereocenters. The molecule has 0 aliphatic carbocycles. The second-order valence-electron chi connectivity index (χ2n) is 3.38. The number of pyridine rings is 1. The third-order valence-corrected chi connectivity index (χ3v) is 2.10. The van der Waals surface area contributed by atoms with Crippen LogP contribution in [0.15, 0.2) is 24.7 Å². The summed E-state index contributed by atoms with van der Waals surface area (Å²) in [5.41, 5.74) is 5.63. The fourth-order valence-electron chi connectivity index (χ4n) is 1.33. The normalized spacial score (nSPS) is 10.5. The summed E-state index contributed by atoms with van der Waals surface area (Å²) in [5.74, 6) is -0.981. The summed E-state index contributed by atoms with van der Waals surface area (Å²) in [7, 11) is 0. The van der Waals surface area contributed by atoms with Crippen LogP contribution in [0.5, 0.6) is 0 Å². The van der Waals surface area contributed by atoms with Crippen molar-refractivity contribution in [3.63, 3.8) is 0 Å². The zero-order valence-electron chi connectivity index (χ0n) is 8.88. The SMILES string of the molecule is NCCn1cc(C(=O)c2cncc(F)c2)nn1. The van der Waals surface area contributed by atoms with E-state index in [4.69, 9.17) is 5.73 Å². The summed E-state index contributed by atoms with van der Waals surface area (Å²) in [6.45, 7) is 0.875. The number of rotatable bonds is 4. The topological polar surface area (TPSA) is 86.7 Å². The molecule has 0 bridgehead atoms. The fraction of sp³-hybridized carbons (Fsp3) is 0.200. The molecule has 2 aromatic rings. The molecule has 2 aromatic heterocycles. The first-order valence-corrected chi connectivity index (χ1v) is 4.96. The lowest BCUT2D eigenvalue weighted by Gasteiger charge is -1.96. The van der Waals surface area contributed by atoms with Gasteiger partial charge in [0.05, 0.1) is 18.9 Å². The molecule has 0 aliphatic rings. The van der Waals surface area contributed by atoms with Crippen molar-refractivity contribution >= 4 is 5.78 Å². The number of hydrogen-bond donors (Lipinski definition) is 1. The predicted octanol–water partition coefficient (Wildman–Crippen LogP) is 0.00190. The number of aromatic nitrogens is 4. The Labute approximate surface area is 96.3 Å². The van der Waals surface area contributed by atoms with E-state index in [0.29, 0.717) is 13.1 Å². The summed E-state index contributed by atoms with van der Waals surface area (Å²) >= 11 is 0. The molecule has 2 rings (SSSR count). The van der Waals surface area contributed by atoms with Gasteiger partial charge in [-0.25, -0.2) is 4.39 Å². The van der Waals surface area contributed by atoms with Gasteiger partial charge in [0.1, 0.15) is 5.82 Å². The molecule has 17 heavy (non-hydrogen) atoms. The van der Waals surface area contributed by atoms with Gasteiger partial charge >= 0.3 is 0 Å². The Morgan fingerprint density at radius 2 is 2.29 bits per heavy atom. The molecule has 0 unspecified atom stereocenters. The summed E-state index contributed by atoms with van der Waals surface area (Å²) < 4.78 is 14.4. The first-order chi connectivity index (χ1) is 8.20. The number of halogens is 1. The van der Waals surface area contributed by atoms with Crippen molar-refractivity contribution in [1.82, 2.24) is 20.0 Å². The number of nitrogens with zero attached hydrogens (tertiary/aromatic N) is 4. The molecular formula is C10H10FN5O. The molecule has 0 saturated carbocycles. The molecule has 0 amide bonds. The van der Waals surface area contributed by atoms with E-state index in [1.807, 2.05) is 0 Å². The highest BCUT2D eigenvalue weighted by molar-refractivity contribution is 6.07. The maximum absolute atomic E-state index is 12.9. The molecule has 6 nitrogen and oxygen atoms in total. The van der Waals surface area contributed by atoms with Gasteiger partial charge in [-0.05, 0) is 6.07 Å². The average Bonchev–Trinajstić information content (AvgIpc) is 2.77. The van der Waals surface area contributed by atoms with Crippen LogP contribution in [0.25, 0.3) is 0 Å². The third kappa shape index (κ3) is 2.51. The van der Waals surface area contributed by atoms with Crippen LogP contribution in [0.2, 0.25) is 0 Å². The molecule has 0 fully saturated rings. The van der Waals surface area contributed by atoms with E-state index in [-0.39, 0.29) is 11.3 Å². The maximum Gasteiger partial charge on any atom is 0.216 e. The van der Waals surface area contributed by atoms with Crippen molar-refractivity contribution in [2.24, 2.45) is 5.73 Å². The Morgan fingerprint density at radius 3 is 3.00 bits per heavy atom. The van der Waals surface area contributed by atoms with Gasteiger partial charge < -0.3 is 5.73 Å². The first kappa shape index (κ1) is 11.3. The van der Waals surface area contributed by atoms with Gasteiger partial charge in [0, 0.05) is 18.3 Å². The van der Waals surface area contributed by atoms with Crippen molar-refractivity contribution in [2.45, 2.75) is 6.54 Å². The van der Waals surface area contributed by atoms with Crippen molar-refractivity contribution in [1.29, 1.82) is 0 Å². The lowest BCUT2D eigenvalue weighted by atomic mass is 10.1. The van der Waals surface area contributed by atoms with Crippen molar-refractivity contribution < 1.29 is 9.18 Å². The smallest absolute Gasteiger partial charge is 0.216 e. The minimum atomic E-state index is -0.565. The monoisotopic (exact) mass is 235 g/mol. The number of carbonyl (C=O) groups is 1. The lowest BCUT2D eigenvalue weighted by molar-refractivity contribution is 0.103. The van der Waals surface area contributed by atoms with Gasteiger partial charge in [0.15, 0.2) is 5.69 Å². The average molecular weight is 235 g/mol. The zero-order valence-corrected chi connectivity index (χ0v) is 8.88. The predicted molar refractivity (Wildman–Crippen MR) is 56.7 cm³/mol. The lowest BCUT2D eigenvalue weighted by Crippen LogP contribution is -2.10. The Hall–Kier alpha value is -2.15. The minimum Gasteiger partial charge on any atom is -0.329 e. The van der Waals surface area contributed by atoms with Gasteiger partial charge in [-0.2, -0.15) is 0 Å². The molecule has 2 heterocycles.